The summed E-state index contributed by atoms with van der Waals surface area (Å²) >= 11 is 7.44. The molecule has 0 radical (unpaired) electrons. The van der Waals surface area contributed by atoms with Gasteiger partial charge in [-0.05, 0) is 20.0 Å². The van der Waals surface area contributed by atoms with Crippen LogP contribution in [-0.4, -0.2) is 23.5 Å². The van der Waals surface area contributed by atoms with E-state index in [0.29, 0.717) is 18.7 Å². The Balaban J connectivity index is 2.20. The minimum Gasteiger partial charge on any atom is -0.329 e. The second-order valence-electron chi connectivity index (χ2n) is 4.67. The van der Waals surface area contributed by atoms with E-state index in [2.05, 4.69) is 4.98 Å². The third kappa shape index (κ3) is 3.35. The number of halogens is 2. The molecule has 3 nitrogen and oxygen atoms in total. The zero-order valence-corrected chi connectivity index (χ0v) is 13.0. The van der Waals surface area contributed by atoms with Crippen LogP contribution in [0.1, 0.15) is 22.3 Å². The van der Waals surface area contributed by atoms with Crippen molar-refractivity contribution < 1.29 is 4.39 Å². The normalized spacial score (nSPS) is 12.9. The molecule has 2 rings (SSSR count). The van der Waals surface area contributed by atoms with Gasteiger partial charge in [0.1, 0.15) is 5.82 Å². The lowest BCUT2D eigenvalue weighted by atomic mass is 10.0. The van der Waals surface area contributed by atoms with Gasteiger partial charge in [0.05, 0.1) is 21.8 Å². The van der Waals surface area contributed by atoms with Crippen LogP contribution in [0.2, 0.25) is 5.02 Å². The van der Waals surface area contributed by atoms with Crippen LogP contribution >= 0.6 is 22.9 Å². The average Bonchev–Trinajstić information content (AvgIpc) is 2.81. The summed E-state index contributed by atoms with van der Waals surface area (Å²) in [7, 11) is 1.91. The molecule has 0 fully saturated rings. The van der Waals surface area contributed by atoms with E-state index in [4.69, 9.17) is 17.3 Å². The first-order valence-electron chi connectivity index (χ1n) is 6.28. The highest BCUT2D eigenvalue weighted by molar-refractivity contribution is 7.09. The summed E-state index contributed by atoms with van der Waals surface area (Å²) < 4.78 is 14.1. The van der Waals surface area contributed by atoms with Gasteiger partial charge in [0.25, 0.3) is 0 Å². The molecule has 20 heavy (non-hydrogen) atoms. The van der Waals surface area contributed by atoms with Crippen LogP contribution in [0.5, 0.6) is 0 Å². The number of nitrogens with two attached hydrogens (primary N) is 1. The fraction of sp³-hybridized carbons (Fsp3) is 0.357. The first-order valence-corrected chi connectivity index (χ1v) is 7.54. The SMILES string of the molecule is Cc1nc(CN(C)C(CN)c2cccc(Cl)c2F)cs1. The number of thiazole rings is 1. The molecule has 6 heteroatoms. The molecule has 108 valence electrons. The number of nitrogens with zero attached hydrogens (tertiary/aromatic N) is 2. The fourth-order valence-corrected chi connectivity index (χ4v) is 2.95. The van der Waals surface area contributed by atoms with Crippen molar-refractivity contribution in [2.75, 3.05) is 13.6 Å². The predicted octanol–water partition coefficient (Wildman–Crippen LogP) is 3.38. The maximum absolute atomic E-state index is 14.1. The van der Waals surface area contributed by atoms with E-state index in [1.807, 2.05) is 24.3 Å². The standard InChI is InChI=1S/C14H17ClFN3S/c1-9-18-10(8-20-9)7-19(2)13(6-17)11-4-3-5-12(15)14(11)16/h3-5,8,13H,6-7,17H2,1-2H3. The van der Waals surface area contributed by atoms with Crippen molar-refractivity contribution in [2.45, 2.75) is 19.5 Å². The van der Waals surface area contributed by atoms with Gasteiger partial charge >= 0.3 is 0 Å². The predicted molar refractivity (Wildman–Crippen MR) is 81.5 cm³/mol. The first-order chi connectivity index (χ1) is 9.52. The van der Waals surface area contributed by atoms with Gasteiger partial charge < -0.3 is 5.73 Å². The van der Waals surface area contributed by atoms with Gasteiger partial charge in [-0.3, -0.25) is 4.90 Å². The molecule has 1 aromatic carbocycles. The maximum Gasteiger partial charge on any atom is 0.146 e. The summed E-state index contributed by atoms with van der Waals surface area (Å²) in [6.07, 6.45) is 0. The fourth-order valence-electron chi connectivity index (χ4n) is 2.17. The molecule has 0 amide bonds. The van der Waals surface area contributed by atoms with E-state index in [-0.39, 0.29) is 11.1 Å². The first kappa shape index (κ1) is 15.4. The number of hydrogen-bond acceptors (Lipinski definition) is 4. The van der Waals surface area contributed by atoms with E-state index in [9.17, 15) is 4.39 Å². The van der Waals surface area contributed by atoms with Gasteiger partial charge in [-0.2, -0.15) is 0 Å². The van der Waals surface area contributed by atoms with Crippen LogP contribution in [0.15, 0.2) is 23.6 Å². The van der Waals surface area contributed by atoms with Crippen molar-refractivity contribution in [3.8, 4) is 0 Å². The van der Waals surface area contributed by atoms with Crippen LogP contribution in [0.4, 0.5) is 4.39 Å². The zero-order valence-electron chi connectivity index (χ0n) is 11.4. The Morgan fingerprint density at radius 3 is 2.85 bits per heavy atom. The largest absolute Gasteiger partial charge is 0.329 e. The maximum atomic E-state index is 14.1. The van der Waals surface area contributed by atoms with Gasteiger partial charge in [-0.25, -0.2) is 9.37 Å². The summed E-state index contributed by atoms with van der Waals surface area (Å²) in [5.41, 5.74) is 7.31. The Labute approximate surface area is 127 Å². The average molecular weight is 314 g/mol. The van der Waals surface area contributed by atoms with Crippen LogP contribution in [0, 0.1) is 12.7 Å². The Morgan fingerprint density at radius 2 is 2.25 bits per heavy atom. The molecule has 2 aromatic rings. The smallest absolute Gasteiger partial charge is 0.146 e. The van der Waals surface area contributed by atoms with E-state index in [1.54, 1.807) is 23.5 Å². The van der Waals surface area contributed by atoms with Crippen molar-refractivity contribution in [3.05, 3.63) is 50.7 Å². The molecule has 0 spiro atoms. The molecule has 0 aliphatic carbocycles. The molecule has 0 bridgehead atoms. The van der Waals surface area contributed by atoms with Crippen molar-refractivity contribution >= 4 is 22.9 Å². The van der Waals surface area contributed by atoms with Crippen molar-refractivity contribution in [2.24, 2.45) is 5.73 Å². The number of hydrogen-bond donors (Lipinski definition) is 1. The molecule has 0 aliphatic rings. The van der Waals surface area contributed by atoms with Crippen molar-refractivity contribution in [1.82, 2.24) is 9.88 Å². The Kier molecular flexibility index (Phi) is 5.10. The lowest BCUT2D eigenvalue weighted by Gasteiger charge is -2.27. The topological polar surface area (TPSA) is 42.2 Å². The zero-order chi connectivity index (χ0) is 14.7. The molecule has 2 N–H and O–H groups in total. The van der Waals surface area contributed by atoms with Crippen LogP contribution in [-0.2, 0) is 6.54 Å². The van der Waals surface area contributed by atoms with Gasteiger partial charge in [0.15, 0.2) is 0 Å². The number of rotatable bonds is 5. The highest BCUT2D eigenvalue weighted by atomic mass is 35.5. The Bertz CT molecular complexity index is 588. The summed E-state index contributed by atoms with van der Waals surface area (Å²) in [6, 6.07) is 4.78. The van der Waals surface area contributed by atoms with Crippen molar-refractivity contribution in [1.29, 1.82) is 0 Å². The Morgan fingerprint density at radius 1 is 1.50 bits per heavy atom. The lowest BCUT2D eigenvalue weighted by molar-refractivity contribution is 0.234. The molecule has 1 heterocycles. The second-order valence-corrected chi connectivity index (χ2v) is 6.14. The van der Waals surface area contributed by atoms with E-state index < -0.39 is 5.82 Å². The van der Waals surface area contributed by atoms with Crippen LogP contribution < -0.4 is 5.73 Å². The van der Waals surface area contributed by atoms with Gasteiger partial charge in [0.2, 0.25) is 0 Å². The number of aromatic nitrogens is 1. The van der Waals surface area contributed by atoms with Gasteiger partial charge in [0, 0.05) is 24.0 Å². The third-order valence-electron chi connectivity index (χ3n) is 3.17. The molecule has 1 unspecified atom stereocenters. The number of aryl methyl sites for hydroxylation is 1. The van der Waals surface area contributed by atoms with Crippen LogP contribution in [0.25, 0.3) is 0 Å². The van der Waals surface area contributed by atoms with Gasteiger partial charge in [-0.1, -0.05) is 23.7 Å². The lowest BCUT2D eigenvalue weighted by Crippen LogP contribution is -2.31. The monoisotopic (exact) mass is 313 g/mol. The molecule has 0 aliphatic heterocycles. The summed E-state index contributed by atoms with van der Waals surface area (Å²) in [5, 5.41) is 3.15. The molecule has 1 atom stereocenters. The highest BCUT2D eigenvalue weighted by Crippen LogP contribution is 2.27. The number of benzene rings is 1. The minimum atomic E-state index is -0.397. The third-order valence-corrected chi connectivity index (χ3v) is 4.29. The van der Waals surface area contributed by atoms with E-state index >= 15 is 0 Å². The highest BCUT2D eigenvalue weighted by Gasteiger charge is 2.21. The molecule has 1 aromatic heterocycles. The summed E-state index contributed by atoms with van der Waals surface area (Å²) in [5.74, 6) is -0.397. The summed E-state index contributed by atoms with van der Waals surface area (Å²) in [6.45, 7) is 2.90. The van der Waals surface area contributed by atoms with Gasteiger partial charge in [-0.15, -0.1) is 11.3 Å². The number of likely N-dealkylation sites (N-methyl/N-ethyl adjacent to an activating group) is 1. The van der Waals surface area contributed by atoms with E-state index in [0.717, 1.165) is 10.7 Å². The summed E-state index contributed by atoms with van der Waals surface area (Å²) in [4.78, 5) is 6.41. The van der Waals surface area contributed by atoms with E-state index in [1.165, 1.54) is 6.07 Å². The van der Waals surface area contributed by atoms with Crippen LogP contribution in [0.3, 0.4) is 0 Å². The molecular formula is C14H17ClFN3S. The molecule has 0 saturated carbocycles. The molecular weight excluding hydrogens is 297 g/mol. The second kappa shape index (κ2) is 6.63. The quantitative estimate of drug-likeness (QED) is 0.920. The molecule has 0 saturated heterocycles. The minimum absolute atomic E-state index is 0.124. The van der Waals surface area contributed by atoms with Crippen molar-refractivity contribution in [3.63, 3.8) is 0 Å². The Hall–Kier alpha value is -1.01.